The molecule has 0 radical (unpaired) electrons. The molecule has 0 aliphatic carbocycles. The third kappa shape index (κ3) is 3.13. The number of carbonyl (C=O) groups excluding carboxylic acids is 1. The van der Waals surface area contributed by atoms with Crippen molar-refractivity contribution in [2.75, 3.05) is 31.6 Å². The van der Waals surface area contributed by atoms with Crippen molar-refractivity contribution in [1.82, 2.24) is 14.9 Å². The zero-order valence-electron chi connectivity index (χ0n) is 13.3. The van der Waals surface area contributed by atoms with Crippen LogP contribution in [-0.2, 0) is 0 Å². The highest BCUT2D eigenvalue weighted by molar-refractivity contribution is 5.93. The molecule has 1 aliphatic heterocycles. The number of likely N-dealkylation sites (N-methyl/N-ethyl adjacent to an activating group) is 1. The van der Waals surface area contributed by atoms with Gasteiger partial charge in [0.15, 0.2) is 5.82 Å². The van der Waals surface area contributed by atoms with Crippen molar-refractivity contribution in [3.8, 4) is 5.88 Å². The molecule has 23 heavy (non-hydrogen) atoms. The summed E-state index contributed by atoms with van der Waals surface area (Å²) in [5, 5.41) is 0. The van der Waals surface area contributed by atoms with Gasteiger partial charge in [-0.1, -0.05) is 0 Å². The van der Waals surface area contributed by atoms with Crippen LogP contribution in [0.2, 0.25) is 0 Å². The van der Waals surface area contributed by atoms with Gasteiger partial charge in [0.1, 0.15) is 6.26 Å². The molecule has 0 bridgehead atoms. The second-order valence-electron chi connectivity index (χ2n) is 5.43. The molecule has 0 unspecified atom stereocenters. The number of hydrogen-bond acceptors (Lipinski definition) is 6. The van der Waals surface area contributed by atoms with Crippen molar-refractivity contribution in [2.24, 2.45) is 0 Å². The van der Waals surface area contributed by atoms with Gasteiger partial charge in [-0.05, 0) is 19.4 Å². The number of rotatable bonds is 5. The fourth-order valence-corrected chi connectivity index (χ4v) is 2.78. The fraction of sp³-hybridized carbons (Fsp3) is 0.438. The third-order valence-corrected chi connectivity index (χ3v) is 4.03. The van der Waals surface area contributed by atoms with E-state index in [2.05, 4.69) is 14.9 Å². The summed E-state index contributed by atoms with van der Waals surface area (Å²) in [5.41, 5.74) is 0.570. The topological polar surface area (TPSA) is 71.7 Å². The normalized spacial score (nSPS) is 17.3. The van der Waals surface area contributed by atoms with Crippen LogP contribution in [-0.4, -0.2) is 53.6 Å². The van der Waals surface area contributed by atoms with Crippen LogP contribution in [0.15, 0.2) is 35.4 Å². The zero-order chi connectivity index (χ0) is 16.2. The molecule has 2 aromatic rings. The first-order chi connectivity index (χ1) is 11.2. The number of amides is 1. The summed E-state index contributed by atoms with van der Waals surface area (Å²) in [5.74, 6) is 1.25. The molecular formula is C16H20N4O3. The minimum absolute atomic E-state index is 0.0326. The molecule has 7 nitrogen and oxygen atoms in total. The first-order valence-corrected chi connectivity index (χ1v) is 7.68. The van der Waals surface area contributed by atoms with Crippen molar-refractivity contribution >= 4 is 11.7 Å². The average Bonchev–Trinajstić information content (AvgIpc) is 3.26. The number of nitrogens with zero attached hydrogens (tertiary/aromatic N) is 4. The summed E-state index contributed by atoms with van der Waals surface area (Å²) in [7, 11) is 1.82. The molecule has 0 N–H and O–H groups in total. The highest BCUT2D eigenvalue weighted by atomic mass is 16.5. The summed E-state index contributed by atoms with van der Waals surface area (Å²) in [4.78, 5) is 24.9. The number of carbonyl (C=O) groups is 1. The number of ether oxygens (including phenoxy) is 1. The standard InChI is InChI=1S/C16H20N4O3/c1-3-23-15-14(17-6-7-18-15)20-8-4-13(10-20)19(2)16(21)12-5-9-22-11-12/h5-7,9,11,13H,3-4,8,10H2,1-2H3/t13-/m1/s1. The number of furan rings is 1. The average molecular weight is 316 g/mol. The van der Waals surface area contributed by atoms with E-state index in [1.807, 2.05) is 14.0 Å². The van der Waals surface area contributed by atoms with Gasteiger partial charge in [-0.15, -0.1) is 0 Å². The second-order valence-corrected chi connectivity index (χ2v) is 5.43. The maximum absolute atomic E-state index is 12.4. The number of aromatic nitrogens is 2. The highest BCUT2D eigenvalue weighted by Crippen LogP contribution is 2.27. The number of anilines is 1. The summed E-state index contributed by atoms with van der Waals surface area (Å²) in [6.07, 6.45) is 7.14. The Morgan fingerprint density at radius 1 is 1.48 bits per heavy atom. The molecule has 0 saturated carbocycles. The first-order valence-electron chi connectivity index (χ1n) is 7.68. The smallest absolute Gasteiger partial charge is 0.257 e. The first kappa shape index (κ1) is 15.3. The SMILES string of the molecule is CCOc1nccnc1N1CC[C@@H](N(C)C(=O)c2ccoc2)C1. The molecule has 122 valence electrons. The Morgan fingerprint density at radius 3 is 3.04 bits per heavy atom. The largest absolute Gasteiger partial charge is 0.475 e. The predicted octanol–water partition coefficient (Wildman–Crippen LogP) is 1.82. The van der Waals surface area contributed by atoms with Gasteiger partial charge in [0, 0.05) is 32.5 Å². The van der Waals surface area contributed by atoms with Gasteiger partial charge in [-0.25, -0.2) is 9.97 Å². The van der Waals surface area contributed by atoms with Crippen LogP contribution in [0.25, 0.3) is 0 Å². The van der Waals surface area contributed by atoms with E-state index >= 15 is 0 Å². The van der Waals surface area contributed by atoms with Crippen LogP contribution in [0, 0.1) is 0 Å². The van der Waals surface area contributed by atoms with Crippen LogP contribution in [0.4, 0.5) is 5.82 Å². The van der Waals surface area contributed by atoms with E-state index in [1.165, 1.54) is 12.5 Å². The van der Waals surface area contributed by atoms with E-state index in [4.69, 9.17) is 9.15 Å². The van der Waals surface area contributed by atoms with Crippen molar-refractivity contribution in [2.45, 2.75) is 19.4 Å². The Bertz CT molecular complexity index is 659. The van der Waals surface area contributed by atoms with Crippen molar-refractivity contribution in [3.05, 3.63) is 36.5 Å². The van der Waals surface area contributed by atoms with E-state index in [0.29, 0.717) is 24.6 Å². The van der Waals surface area contributed by atoms with Crippen LogP contribution < -0.4 is 9.64 Å². The predicted molar refractivity (Wildman–Crippen MR) is 84.6 cm³/mol. The molecule has 1 fully saturated rings. The Kier molecular flexibility index (Phi) is 4.45. The van der Waals surface area contributed by atoms with Gasteiger partial charge in [-0.3, -0.25) is 4.79 Å². The Hall–Kier alpha value is -2.57. The summed E-state index contributed by atoms with van der Waals surface area (Å²) < 4.78 is 10.5. The minimum atomic E-state index is -0.0326. The van der Waals surface area contributed by atoms with Gasteiger partial charge >= 0.3 is 0 Å². The monoisotopic (exact) mass is 316 g/mol. The van der Waals surface area contributed by atoms with Gasteiger partial charge < -0.3 is 19.0 Å². The molecule has 1 atom stereocenters. The molecule has 1 aliphatic rings. The maximum atomic E-state index is 12.4. The van der Waals surface area contributed by atoms with E-state index in [0.717, 1.165) is 18.8 Å². The lowest BCUT2D eigenvalue weighted by atomic mass is 10.2. The quantitative estimate of drug-likeness (QED) is 0.838. The third-order valence-electron chi connectivity index (χ3n) is 4.03. The molecule has 7 heteroatoms. The lowest BCUT2D eigenvalue weighted by Gasteiger charge is -2.25. The molecule has 0 aromatic carbocycles. The molecule has 2 aromatic heterocycles. The number of hydrogen-bond donors (Lipinski definition) is 0. The van der Waals surface area contributed by atoms with Gasteiger partial charge in [-0.2, -0.15) is 0 Å². The van der Waals surface area contributed by atoms with E-state index in [-0.39, 0.29) is 11.9 Å². The molecule has 1 saturated heterocycles. The lowest BCUT2D eigenvalue weighted by molar-refractivity contribution is 0.0744. The van der Waals surface area contributed by atoms with Gasteiger partial charge in [0.05, 0.1) is 24.5 Å². The molecular weight excluding hydrogens is 296 g/mol. The summed E-state index contributed by atoms with van der Waals surface area (Å²) in [6, 6.07) is 1.80. The van der Waals surface area contributed by atoms with Crippen molar-refractivity contribution < 1.29 is 13.9 Å². The summed E-state index contributed by atoms with van der Waals surface area (Å²) in [6.45, 7) is 3.98. The molecule has 1 amide bonds. The maximum Gasteiger partial charge on any atom is 0.257 e. The van der Waals surface area contributed by atoms with E-state index in [1.54, 1.807) is 23.4 Å². The zero-order valence-corrected chi connectivity index (χ0v) is 13.3. The fourth-order valence-electron chi connectivity index (χ4n) is 2.78. The van der Waals surface area contributed by atoms with Crippen molar-refractivity contribution in [3.63, 3.8) is 0 Å². The Labute approximate surface area is 134 Å². The van der Waals surface area contributed by atoms with Crippen molar-refractivity contribution in [1.29, 1.82) is 0 Å². The second kappa shape index (κ2) is 6.68. The van der Waals surface area contributed by atoms with E-state index < -0.39 is 0 Å². The van der Waals surface area contributed by atoms with E-state index in [9.17, 15) is 4.79 Å². The van der Waals surface area contributed by atoms with Gasteiger partial charge in [0.2, 0.25) is 0 Å². The van der Waals surface area contributed by atoms with Crippen LogP contribution in [0.5, 0.6) is 5.88 Å². The molecule has 3 heterocycles. The van der Waals surface area contributed by atoms with Crippen LogP contribution in [0.1, 0.15) is 23.7 Å². The lowest BCUT2D eigenvalue weighted by Crippen LogP contribution is -2.39. The highest BCUT2D eigenvalue weighted by Gasteiger charge is 2.31. The summed E-state index contributed by atoms with van der Waals surface area (Å²) >= 11 is 0. The molecule has 3 rings (SSSR count). The molecule has 0 spiro atoms. The van der Waals surface area contributed by atoms with Crippen LogP contribution in [0.3, 0.4) is 0 Å². The van der Waals surface area contributed by atoms with Gasteiger partial charge in [0.25, 0.3) is 11.8 Å². The minimum Gasteiger partial charge on any atom is -0.475 e. The Morgan fingerprint density at radius 2 is 2.30 bits per heavy atom. The van der Waals surface area contributed by atoms with Crippen LogP contribution >= 0.6 is 0 Å². The Balaban J connectivity index is 1.70.